The zero-order valence-corrected chi connectivity index (χ0v) is 14.6. The zero-order chi connectivity index (χ0) is 19.1. The molecule has 1 aromatic carbocycles. The Labute approximate surface area is 151 Å². The fourth-order valence-corrected chi connectivity index (χ4v) is 2.78. The minimum Gasteiger partial charge on any atom is -0.465 e. The van der Waals surface area contributed by atoms with Gasteiger partial charge in [-0.15, -0.1) is 6.58 Å². The minimum atomic E-state index is -0.616. The molecule has 1 aliphatic rings. The third-order valence-corrected chi connectivity index (χ3v) is 4.12. The van der Waals surface area contributed by atoms with Gasteiger partial charge < -0.3 is 15.0 Å². The van der Waals surface area contributed by atoms with Crippen molar-refractivity contribution in [1.82, 2.24) is 10.2 Å². The average Bonchev–Trinajstić information content (AvgIpc) is 2.65. The summed E-state index contributed by atoms with van der Waals surface area (Å²) in [6.07, 6.45) is 1.62. The number of anilines is 1. The maximum absolute atomic E-state index is 12.0. The second-order valence-electron chi connectivity index (χ2n) is 5.81. The van der Waals surface area contributed by atoms with Crippen molar-refractivity contribution in [3.63, 3.8) is 0 Å². The molecule has 0 atom stereocenters. The fraction of sp³-hybridized carbons (Fsp3) is 0.412. The van der Waals surface area contributed by atoms with E-state index in [1.165, 1.54) is 19.2 Å². The van der Waals surface area contributed by atoms with Crippen LogP contribution in [0, 0.1) is 10.1 Å². The number of carbonyl (C=O) groups excluding carboxylic acids is 2. The lowest BCUT2D eigenvalue weighted by Gasteiger charge is -2.36. The molecule has 0 aliphatic carbocycles. The van der Waals surface area contributed by atoms with Crippen LogP contribution in [0.25, 0.3) is 0 Å². The van der Waals surface area contributed by atoms with E-state index in [4.69, 9.17) is 4.74 Å². The van der Waals surface area contributed by atoms with Gasteiger partial charge in [-0.1, -0.05) is 6.08 Å². The smallest absolute Gasteiger partial charge is 0.340 e. The van der Waals surface area contributed by atoms with Crippen LogP contribution < -0.4 is 10.2 Å². The number of nitro benzene ring substituents is 1. The summed E-state index contributed by atoms with van der Waals surface area (Å²) in [6, 6.07) is 4.17. The molecule has 1 heterocycles. The summed E-state index contributed by atoms with van der Waals surface area (Å²) in [6.45, 7) is 6.75. The highest BCUT2D eigenvalue weighted by Crippen LogP contribution is 2.27. The summed E-state index contributed by atoms with van der Waals surface area (Å²) >= 11 is 0. The Morgan fingerprint density at radius 1 is 1.35 bits per heavy atom. The number of piperazine rings is 1. The first-order chi connectivity index (χ1) is 12.5. The van der Waals surface area contributed by atoms with E-state index in [9.17, 15) is 19.7 Å². The van der Waals surface area contributed by atoms with Gasteiger partial charge in [0.05, 0.1) is 29.8 Å². The number of rotatable bonds is 7. The van der Waals surface area contributed by atoms with E-state index < -0.39 is 10.9 Å². The van der Waals surface area contributed by atoms with E-state index in [2.05, 4.69) is 11.9 Å². The van der Waals surface area contributed by atoms with Crippen LogP contribution in [-0.2, 0) is 9.53 Å². The second-order valence-corrected chi connectivity index (χ2v) is 5.81. The predicted molar refractivity (Wildman–Crippen MR) is 96.3 cm³/mol. The Kier molecular flexibility index (Phi) is 6.67. The Morgan fingerprint density at radius 2 is 2.04 bits per heavy atom. The van der Waals surface area contributed by atoms with Gasteiger partial charge in [-0.05, 0) is 6.07 Å². The number of nitrogens with zero attached hydrogens (tertiary/aromatic N) is 3. The van der Waals surface area contributed by atoms with E-state index >= 15 is 0 Å². The molecule has 1 N–H and O–H groups in total. The maximum Gasteiger partial charge on any atom is 0.340 e. The van der Waals surface area contributed by atoms with Crippen molar-refractivity contribution in [2.24, 2.45) is 0 Å². The number of hydrogen-bond donors (Lipinski definition) is 1. The van der Waals surface area contributed by atoms with E-state index in [0.717, 1.165) is 0 Å². The Morgan fingerprint density at radius 3 is 2.62 bits per heavy atom. The number of nitro groups is 1. The van der Waals surface area contributed by atoms with Crippen LogP contribution in [0.5, 0.6) is 0 Å². The van der Waals surface area contributed by atoms with Crippen molar-refractivity contribution in [2.45, 2.75) is 0 Å². The van der Waals surface area contributed by atoms with Crippen LogP contribution in [0.3, 0.4) is 0 Å². The summed E-state index contributed by atoms with van der Waals surface area (Å²) in [5.41, 5.74) is 0.601. The van der Waals surface area contributed by atoms with Crippen molar-refractivity contribution in [3.05, 3.63) is 46.5 Å². The van der Waals surface area contributed by atoms with Gasteiger partial charge >= 0.3 is 5.97 Å². The molecule has 0 spiro atoms. The molecule has 26 heavy (non-hydrogen) atoms. The molecule has 2 rings (SSSR count). The Bertz CT molecular complexity index is 698. The van der Waals surface area contributed by atoms with Crippen LogP contribution in [-0.4, -0.2) is 68.1 Å². The molecule has 0 unspecified atom stereocenters. The molecular weight excluding hydrogens is 340 g/mol. The molecule has 0 radical (unpaired) electrons. The number of nitrogens with one attached hydrogen (secondary N) is 1. The molecule has 1 aliphatic heterocycles. The van der Waals surface area contributed by atoms with Gasteiger partial charge in [0.25, 0.3) is 5.69 Å². The lowest BCUT2D eigenvalue weighted by molar-refractivity contribution is -0.384. The normalized spacial score (nSPS) is 14.6. The molecule has 1 fully saturated rings. The van der Waals surface area contributed by atoms with Crippen LogP contribution in [0.15, 0.2) is 30.9 Å². The maximum atomic E-state index is 12.0. The lowest BCUT2D eigenvalue weighted by atomic mass is 10.1. The number of carbonyl (C=O) groups is 2. The number of ether oxygens (including phenoxy) is 1. The summed E-state index contributed by atoms with van der Waals surface area (Å²) in [5, 5.41) is 13.7. The first kappa shape index (κ1) is 19.4. The molecule has 9 heteroatoms. The highest BCUT2D eigenvalue weighted by atomic mass is 16.6. The molecule has 140 valence electrons. The number of esters is 1. The Balaban J connectivity index is 2.06. The lowest BCUT2D eigenvalue weighted by Crippen LogP contribution is -2.49. The third-order valence-electron chi connectivity index (χ3n) is 4.12. The number of hydrogen-bond acceptors (Lipinski definition) is 7. The first-order valence-corrected chi connectivity index (χ1v) is 8.18. The van der Waals surface area contributed by atoms with E-state index in [1.54, 1.807) is 12.1 Å². The number of amides is 1. The number of methoxy groups -OCH3 is 1. The van der Waals surface area contributed by atoms with Gasteiger partial charge in [-0.3, -0.25) is 19.8 Å². The van der Waals surface area contributed by atoms with Crippen LogP contribution in [0.4, 0.5) is 11.4 Å². The first-order valence-electron chi connectivity index (χ1n) is 8.18. The summed E-state index contributed by atoms with van der Waals surface area (Å²) in [7, 11) is 1.24. The summed E-state index contributed by atoms with van der Waals surface area (Å²) < 4.78 is 4.75. The van der Waals surface area contributed by atoms with Gasteiger partial charge in [0, 0.05) is 44.9 Å². The number of non-ortho nitro benzene ring substituents is 1. The highest BCUT2D eigenvalue weighted by Gasteiger charge is 2.24. The molecule has 1 aromatic rings. The SMILES string of the molecule is C=CCNC(=O)CN1CCN(c2ccc([N+](=O)[O-])cc2C(=O)OC)CC1. The zero-order valence-electron chi connectivity index (χ0n) is 14.6. The topological polar surface area (TPSA) is 105 Å². The van der Waals surface area contributed by atoms with E-state index in [0.29, 0.717) is 45.0 Å². The predicted octanol–water partition coefficient (Wildman–Crippen LogP) is 0.806. The standard InChI is InChI=1S/C17H22N4O5/c1-3-6-18-16(22)12-19-7-9-20(10-8-19)15-5-4-13(21(24)25)11-14(15)17(23)26-2/h3-5,11H,1,6-10,12H2,2H3,(H,18,22). The highest BCUT2D eigenvalue weighted by molar-refractivity contribution is 5.96. The third kappa shape index (κ3) is 4.79. The number of benzene rings is 1. The van der Waals surface area contributed by atoms with E-state index in [-0.39, 0.29) is 17.2 Å². The minimum absolute atomic E-state index is 0.0658. The van der Waals surface area contributed by atoms with Crippen LogP contribution in [0.1, 0.15) is 10.4 Å². The Hall–Kier alpha value is -2.94. The molecule has 0 saturated carbocycles. The van der Waals surface area contributed by atoms with Crippen LogP contribution in [0.2, 0.25) is 0 Å². The molecule has 1 saturated heterocycles. The van der Waals surface area contributed by atoms with Gasteiger partial charge in [0.1, 0.15) is 0 Å². The quantitative estimate of drug-likeness (QED) is 0.331. The average molecular weight is 362 g/mol. The van der Waals surface area contributed by atoms with Crippen molar-refractivity contribution in [1.29, 1.82) is 0 Å². The largest absolute Gasteiger partial charge is 0.465 e. The molecular formula is C17H22N4O5. The van der Waals surface area contributed by atoms with Gasteiger partial charge in [-0.2, -0.15) is 0 Å². The van der Waals surface area contributed by atoms with Crippen molar-refractivity contribution >= 4 is 23.3 Å². The van der Waals surface area contributed by atoms with Gasteiger partial charge in [-0.25, -0.2) is 4.79 Å². The molecule has 9 nitrogen and oxygen atoms in total. The van der Waals surface area contributed by atoms with Crippen molar-refractivity contribution in [2.75, 3.05) is 51.3 Å². The van der Waals surface area contributed by atoms with E-state index in [1.807, 2.05) is 9.80 Å². The second kappa shape index (κ2) is 8.95. The van der Waals surface area contributed by atoms with Crippen LogP contribution >= 0.6 is 0 Å². The molecule has 1 amide bonds. The molecule has 0 bridgehead atoms. The van der Waals surface area contributed by atoms with Crippen molar-refractivity contribution in [3.8, 4) is 0 Å². The summed E-state index contributed by atoms with van der Waals surface area (Å²) in [4.78, 5) is 38.2. The van der Waals surface area contributed by atoms with Gasteiger partial charge in [0.15, 0.2) is 0 Å². The van der Waals surface area contributed by atoms with Gasteiger partial charge in [0.2, 0.25) is 5.91 Å². The monoisotopic (exact) mass is 362 g/mol. The fourth-order valence-electron chi connectivity index (χ4n) is 2.78. The molecule has 0 aromatic heterocycles. The van der Waals surface area contributed by atoms with Crippen molar-refractivity contribution < 1.29 is 19.2 Å². The summed E-state index contributed by atoms with van der Waals surface area (Å²) in [5.74, 6) is -0.682.